The lowest BCUT2D eigenvalue weighted by Crippen LogP contribution is -2.43. The van der Waals surface area contributed by atoms with Gasteiger partial charge < -0.3 is 24.2 Å². The highest BCUT2D eigenvalue weighted by molar-refractivity contribution is 5.88. The van der Waals surface area contributed by atoms with Crippen LogP contribution in [0.4, 0.5) is 10.5 Å². The van der Waals surface area contributed by atoms with Crippen LogP contribution >= 0.6 is 0 Å². The first kappa shape index (κ1) is 27.3. The Kier molecular flexibility index (Phi) is 6.99. The van der Waals surface area contributed by atoms with Gasteiger partial charge in [-0.05, 0) is 82.7 Å². The summed E-state index contributed by atoms with van der Waals surface area (Å²) in [6.45, 7) is 7.89. The molecule has 9 nitrogen and oxygen atoms in total. The SMILES string of the molecule is CC(C)(C)OC(=O)N(CC1(c2noc(C3CCN(c4ccc(C(=O)O)cc4)CC3)n2)CC1)[C@H]1CC1c1ccccc1. The van der Waals surface area contributed by atoms with Gasteiger partial charge in [0.05, 0.1) is 11.0 Å². The van der Waals surface area contributed by atoms with Gasteiger partial charge in [0.2, 0.25) is 5.89 Å². The van der Waals surface area contributed by atoms with Crippen molar-refractivity contribution in [3.63, 3.8) is 0 Å². The smallest absolute Gasteiger partial charge is 0.410 e. The van der Waals surface area contributed by atoms with Crippen LogP contribution in [0, 0.1) is 0 Å². The molecule has 2 aliphatic carbocycles. The van der Waals surface area contributed by atoms with Crippen molar-refractivity contribution >= 4 is 17.7 Å². The second-order valence-corrected chi connectivity index (χ2v) is 12.8. The number of anilines is 1. The molecule has 0 spiro atoms. The summed E-state index contributed by atoms with van der Waals surface area (Å²) >= 11 is 0. The highest BCUT2D eigenvalue weighted by Gasteiger charge is 2.55. The highest BCUT2D eigenvalue weighted by Crippen LogP contribution is 2.52. The Morgan fingerprint density at radius 2 is 1.76 bits per heavy atom. The first-order valence-corrected chi connectivity index (χ1v) is 14.6. The van der Waals surface area contributed by atoms with Gasteiger partial charge in [-0.3, -0.25) is 0 Å². The van der Waals surface area contributed by atoms with Crippen LogP contribution in [-0.2, 0) is 10.2 Å². The topological polar surface area (TPSA) is 109 Å². The number of aromatic carboxylic acids is 1. The fraction of sp³-hybridized carbons (Fsp3) is 0.500. The second-order valence-electron chi connectivity index (χ2n) is 12.8. The number of carbonyl (C=O) groups excluding carboxylic acids is 1. The van der Waals surface area contributed by atoms with Crippen LogP contribution in [0.5, 0.6) is 0 Å². The molecule has 41 heavy (non-hydrogen) atoms. The lowest BCUT2D eigenvalue weighted by Gasteiger charge is -2.32. The number of piperidine rings is 1. The van der Waals surface area contributed by atoms with E-state index in [2.05, 4.69) is 22.2 Å². The standard InChI is InChI=1S/C32H38N4O5/c1-31(2,3)40-30(39)36(26-19-25(26)21-7-5-4-6-8-21)20-32(15-16-32)29-33-27(41-34-29)22-13-17-35(18-14-22)24-11-9-23(10-12-24)28(37)38/h4-12,22,25-26H,13-20H2,1-3H3,(H,37,38)/t25?,26-/m0/s1. The minimum Gasteiger partial charge on any atom is -0.478 e. The maximum absolute atomic E-state index is 13.4. The van der Waals surface area contributed by atoms with Gasteiger partial charge in [-0.2, -0.15) is 4.98 Å². The molecule has 216 valence electrons. The van der Waals surface area contributed by atoms with E-state index in [4.69, 9.17) is 19.4 Å². The number of hydrogen-bond acceptors (Lipinski definition) is 7. The normalized spacial score (nSPS) is 21.8. The van der Waals surface area contributed by atoms with Gasteiger partial charge in [0.15, 0.2) is 5.82 Å². The molecule has 0 radical (unpaired) electrons. The predicted octanol–water partition coefficient (Wildman–Crippen LogP) is 5.98. The number of carboxylic acid groups (broad SMARTS) is 1. The van der Waals surface area contributed by atoms with Gasteiger partial charge in [0.25, 0.3) is 0 Å². The Hall–Kier alpha value is -3.88. The first-order chi connectivity index (χ1) is 19.6. The van der Waals surface area contributed by atoms with Crippen LogP contribution in [0.1, 0.15) is 92.3 Å². The summed E-state index contributed by atoms with van der Waals surface area (Å²) < 4.78 is 11.7. The number of carboxylic acids is 1. The number of ether oxygens (including phenoxy) is 1. The fourth-order valence-electron chi connectivity index (χ4n) is 5.97. The largest absolute Gasteiger partial charge is 0.478 e. The van der Waals surface area contributed by atoms with Crippen LogP contribution in [0.25, 0.3) is 0 Å². The Morgan fingerprint density at radius 1 is 1.07 bits per heavy atom. The van der Waals surface area contributed by atoms with E-state index in [0.29, 0.717) is 29.7 Å². The summed E-state index contributed by atoms with van der Waals surface area (Å²) in [7, 11) is 0. The van der Waals surface area contributed by atoms with E-state index in [0.717, 1.165) is 50.9 Å². The van der Waals surface area contributed by atoms with Gasteiger partial charge >= 0.3 is 12.1 Å². The molecule has 2 aromatic carbocycles. The zero-order chi connectivity index (χ0) is 28.8. The Morgan fingerprint density at radius 3 is 2.37 bits per heavy atom. The second kappa shape index (κ2) is 10.5. The van der Waals surface area contributed by atoms with Crippen LogP contribution in [-0.4, -0.2) is 63.5 Å². The molecule has 9 heteroatoms. The van der Waals surface area contributed by atoms with Gasteiger partial charge in [-0.1, -0.05) is 35.5 Å². The van der Waals surface area contributed by atoms with Gasteiger partial charge in [0.1, 0.15) is 5.60 Å². The number of amides is 1. The monoisotopic (exact) mass is 558 g/mol. The van der Waals surface area contributed by atoms with Crippen LogP contribution in [0.3, 0.4) is 0 Å². The lowest BCUT2D eigenvalue weighted by atomic mass is 9.96. The van der Waals surface area contributed by atoms with E-state index < -0.39 is 11.6 Å². The molecule has 0 bridgehead atoms. The van der Waals surface area contributed by atoms with Crippen molar-refractivity contribution in [1.29, 1.82) is 0 Å². The van der Waals surface area contributed by atoms with Crippen molar-refractivity contribution in [2.24, 2.45) is 0 Å². The zero-order valence-corrected chi connectivity index (χ0v) is 24.0. The number of rotatable bonds is 8. The molecule has 6 rings (SSSR count). The molecule has 1 unspecified atom stereocenters. The number of benzene rings is 2. The molecule has 2 heterocycles. The summed E-state index contributed by atoms with van der Waals surface area (Å²) in [4.78, 5) is 33.7. The lowest BCUT2D eigenvalue weighted by molar-refractivity contribution is 0.0208. The molecule has 1 N–H and O–H groups in total. The van der Waals surface area contributed by atoms with E-state index in [1.807, 2.05) is 56.0 Å². The number of carbonyl (C=O) groups is 2. The third kappa shape index (κ3) is 5.94. The molecule has 3 aliphatic rings. The van der Waals surface area contributed by atoms with Gasteiger partial charge in [-0.15, -0.1) is 0 Å². The van der Waals surface area contributed by atoms with Crippen LogP contribution in [0.2, 0.25) is 0 Å². The van der Waals surface area contributed by atoms with E-state index >= 15 is 0 Å². The van der Waals surface area contributed by atoms with Crippen molar-refractivity contribution in [2.45, 2.75) is 81.8 Å². The maximum atomic E-state index is 13.4. The molecule has 2 saturated carbocycles. The third-order valence-corrected chi connectivity index (χ3v) is 8.58. The van der Waals surface area contributed by atoms with E-state index in [9.17, 15) is 9.59 Å². The average Bonchev–Trinajstić information content (AvgIpc) is 3.87. The van der Waals surface area contributed by atoms with Crippen molar-refractivity contribution in [2.75, 3.05) is 24.5 Å². The van der Waals surface area contributed by atoms with Crippen molar-refractivity contribution in [1.82, 2.24) is 15.0 Å². The van der Waals surface area contributed by atoms with Gasteiger partial charge in [0, 0.05) is 43.2 Å². The van der Waals surface area contributed by atoms with E-state index in [-0.39, 0.29) is 23.5 Å². The van der Waals surface area contributed by atoms with Crippen molar-refractivity contribution < 1.29 is 24.0 Å². The molecule has 1 amide bonds. The highest BCUT2D eigenvalue weighted by atomic mass is 16.6. The minimum absolute atomic E-state index is 0.102. The van der Waals surface area contributed by atoms with Crippen molar-refractivity contribution in [3.8, 4) is 0 Å². The summed E-state index contributed by atoms with van der Waals surface area (Å²) in [6.07, 6.45) is 4.23. The Balaban J connectivity index is 1.12. The molecule has 1 saturated heterocycles. The van der Waals surface area contributed by atoms with Crippen LogP contribution < -0.4 is 4.90 Å². The molecular formula is C32H38N4O5. The molecule has 2 atom stereocenters. The number of aromatic nitrogens is 2. The minimum atomic E-state index is -0.918. The van der Waals surface area contributed by atoms with Gasteiger partial charge in [-0.25, -0.2) is 9.59 Å². The predicted molar refractivity (Wildman–Crippen MR) is 153 cm³/mol. The molecule has 1 aromatic heterocycles. The van der Waals surface area contributed by atoms with E-state index in [1.54, 1.807) is 12.1 Å². The summed E-state index contributed by atoms with van der Waals surface area (Å²) in [5.41, 5.74) is 1.69. The summed E-state index contributed by atoms with van der Waals surface area (Å²) in [6, 6.07) is 17.5. The first-order valence-electron chi connectivity index (χ1n) is 14.6. The molecule has 3 fully saturated rings. The Bertz CT molecular complexity index is 1390. The average molecular weight is 559 g/mol. The molecule has 3 aromatic rings. The van der Waals surface area contributed by atoms with E-state index in [1.165, 1.54) is 5.56 Å². The quantitative estimate of drug-likeness (QED) is 0.360. The molecular weight excluding hydrogens is 520 g/mol. The zero-order valence-electron chi connectivity index (χ0n) is 24.0. The number of nitrogens with zero attached hydrogens (tertiary/aromatic N) is 4. The summed E-state index contributed by atoms with van der Waals surface area (Å²) in [5.74, 6) is 0.938. The maximum Gasteiger partial charge on any atom is 0.410 e. The molecule has 1 aliphatic heterocycles. The number of hydrogen-bond donors (Lipinski definition) is 1. The fourth-order valence-corrected chi connectivity index (χ4v) is 5.97. The third-order valence-electron chi connectivity index (χ3n) is 8.58. The summed E-state index contributed by atoms with van der Waals surface area (Å²) in [5, 5.41) is 13.6. The van der Waals surface area contributed by atoms with Crippen LogP contribution in [0.15, 0.2) is 59.1 Å². The van der Waals surface area contributed by atoms with Crippen molar-refractivity contribution in [3.05, 3.63) is 77.4 Å². The Labute approximate surface area is 240 Å².